The molecule has 2 nitrogen and oxygen atoms in total. The lowest BCUT2D eigenvalue weighted by atomic mass is 10.0. The summed E-state index contributed by atoms with van der Waals surface area (Å²) in [6, 6.07) is 0. The average molecular weight is 273 g/mol. The van der Waals surface area contributed by atoms with Crippen molar-refractivity contribution in [2.45, 2.75) is 38.5 Å². The first-order valence-corrected chi connectivity index (χ1v) is 6.21. The Kier molecular flexibility index (Phi) is 3.67. The Balaban J connectivity index is 1.95. The van der Waals surface area contributed by atoms with Crippen molar-refractivity contribution in [3.05, 3.63) is 22.4 Å². The number of rotatable bonds is 3. The van der Waals surface area contributed by atoms with Crippen LogP contribution in [0.15, 0.2) is 10.9 Å². The van der Waals surface area contributed by atoms with Crippen molar-refractivity contribution in [3.8, 4) is 0 Å². The van der Waals surface area contributed by atoms with Gasteiger partial charge in [0.25, 0.3) is 0 Å². The van der Waals surface area contributed by atoms with Crippen molar-refractivity contribution >= 4 is 15.9 Å². The Labute approximate surface area is 97.5 Å². The molecule has 0 amide bonds. The SMILES string of the molecule is Fc1c(Br)ncnc1CCC1CCCC1. The molecule has 1 aliphatic carbocycles. The van der Waals surface area contributed by atoms with Crippen LogP contribution in [-0.4, -0.2) is 9.97 Å². The van der Waals surface area contributed by atoms with Gasteiger partial charge >= 0.3 is 0 Å². The summed E-state index contributed by atoms with van der Waals surface area (Å²) in [7, 11) is 0. The van der Waals surface area contributed by atoms with Crippen molar-refractivity contribution in [1.29, 1.82) is 0 Å². The van der Waals surface area contributed by atoms with E-state index in [-0.39, 0.29) is 10.4 Å². The number of nitrogens with zero attached hydrogens (tertiary/aromatic N) is 2. The van der Waals surface area contributed by atoms with E-state index in [2.05, 4.69) is 25.9 Å². The van der Waals surface area contributed by atoms with E-state index in [1.165, 1.54) is 32.0 Å². The van der Waals surface area contributed by atoms with E-state index in [0.717, 1.165) is 18.8 Å². The third-order valence-corrected chi connectivity index (χ3v) is 3.64. The molecule has 1 saturated carbocycles. The van der Waals surface area contributed by atoms with Gasteiger partial charge < -0.3 is 0 Å². The maximum atomic E-state index is 13.5. The molecule has 1 aromatic heterocycles. The van der Waals surface area contributed by atoms with Gasteiger partial charge in [-0.2, -0.15) is 0 Å². The molecular weight excluding hydrogens is 259 g/mol. The first kappa shape index (κ1) is 11.0. The highest BCUT2D eigenvalue weighted by Crippen LogP contribution is 2.29. The summed E-state index contributed by atoms with van der Waals surface area (Å²) in [5, 5.41) is 0. The maximum absolute atomic E-state index is 13.5. The summed E-state index contributed by atoms with van der Waals surface area (Å²) < 4.78 is 13.8. The van der Waals surface area contributed by atoms with Crippen LogP contribution in [0.3, 0.4) is 0 Å². The fraction of sp³-hybridized carbons (Fsp3) is 0.636. The molecule has 0 unspecified atom stereocenters. The van der Waals surface area contributed by atoms with Gasteiger partial charge in [0.2, 0.25) is 0 Å². The molecule has 82 valence electrons. The second kappa shape index (κ2) is 5.01. The summed E-state index contributed by atoms with van der Waals surface area (Å²) in [5.74, 6) is 0.480. The summed E-state index contributed by atoms with van der Waals surface area (Å²) in [6.45, 7) is 0. The fourth-order valence-corrected chi connectivity index (χ4v) is 2.52. The Hall–Kier alpha value is -0.510. The Bertz CT molecular complexity index is 337. The highest BCUT2D eigenvalue weighted by Gasteiger charge is 2.16. The Morgan fingerprint density at radius 2 is 2.07 bits per heavy atom. The molecule has 1 aliphatic rings. The van der Waals surface area contributed by atoms with Crippen LogP contribution >= 0.6 is 15.9 Å². The fourth-order valence-electron chi connectivity index (χ4n) is 2.20. The normalized spacial score (nSPS) is 17.2. The highest BCUT2D eigenvalue weighted by atomic mass is 79.9. The van der Waals surface area contributed by atoms with Crippen LogP contribution in [0.5, 0.6) is 0 Å². The quantitative estimate of drug-likeness (QED) is 0.788. The standard InChI is InChI=1S/C11H14BrFN2/c12-11-10(13)9(14-7-15-11)6-5-8-3-1-2-4-8/h7-8H,1-6H2. The van der Waals surface area contributed by atoms with Gasteiger partial charge in [0.1, 0.15) is 10.9 Å². The van der Waals surface area contributed by atoms with Crippen LogP contribution in [0.2, 0.25) is 0 Å². The molecule has 1 heterocycles. The van der Waals surface area contributed by atoms with Gasteiger partial charge in [-0.25, -0.2) is 14.4 Å². The zero-order valence-electron chi connectivity index (χ0n) is 8.55. The van der Waals surface area contributed by atoms with E-state index in [9.17, 15) is 4.39 Å². The monoisotopic (exact) mass is 272 g/mol. The van der Waals surface area contributed by atoms with Crippen molar-refractivity contribution in [3.63, 3.8) is 0 Å². The topological polar surface area (TPSA) is 25.8 Å². The molecule has 0 atom stereocenters. The van der Waals surface area contributed by atoms with Gasteiger partial charge in [-0.1, -0.05) is 25.7 Å². The van der Waals surface area contributed by atoms with Gasteiger partial charge in [0, 0.05) is 0 Å². The highest BCUT2D eigenvalue weighted by molar-refractivity contribution is 9.10. The third kappa shape index (κ3) is 2.74. The van der Waals surface area contributed by atoms with Crippen LogP contribution in [0.4, 0.5) is 4.39 Å². The molecular formula is C11H14BrFN2. The van der Waals surface area contributed by atoms with E-state index in [4.69, 9.17) is 0 Å². The first-order valence-electron chi connectivity index (χ1n) is 5.42. The summed E-state index contributed by atoms with van der Waals surface area (Å²) in [6.07, 6.45) is 8.47. The van der Waals surface area contributed by atoms with Crippen LogP contribution in [-0.2, 0) is 6.42 Å². The molecule has 0 aromatic carbocycles. The molecule has 1 fully saturated rings. The molecule has 0 bridgehead atoms. The molecule has 1 aromatic rings. The summed E-state index contributed by atoms with van der Waals surface area (Å²) in [4.78, 5) is 7.73. The molecule has 0 saturated heterocycles. The van der Waals surface area contributed by atoms with Gasteiger partial charge in [0.05, 0.1) is 5.69 Å². The number of hydrogen-bond donors (Lipinski definition) is 0. The lowest BCUT2D eigenvalue weighted by Gasteiger charge is -2.08. The van der Waals surface area contributed by atoms with E-state index >= 15 is 0 Å². The van der Waals surface area contributed by atoms with E-state index in [1.807, 2.05) is 0 Å². The molecule has 0 N–H and O–H groups in total. The minimum Gasteiger partial charge on any atom is -0.238 e. The largest absolute Gasteiger partial charge is 0.238 e. The van der Waals surface area contributed by atoms with E-state index in [1.54, 1.807) is 0 Å². The summed E-state index contributed by atoms with van der Waals surface area (Å²) >= 11 is 3.07. The van der Waals surface area contributed by atoms with Crippen LogP contribution < -0.4 is 0 Å². The Morgan fingerprint density at radius 1 is 1.33 bits per heavy atom. The van der Waals surface area contributed by atoms with Crippen molar-refractivity contribution in [2.24, 2.45) is 5.92 Å². The summed E-state index contributed by atoms with van der Waals surface area (Å²) in [5.41, 5.74) is 0.545. The first-order chi connectivity index (χ1) is 7.27. The smallest absolute Gasteiger partial charge is 0.177 e. The van der Waals surface area contributed by atoms with Crippen molar-refractivity contribution < 1.29 is 4.39 Å². The Morgan fingerprint density at radius 3 is 2.80 bits per heavy atom. The molecule has 15 heavy (non-hydrogen) atoms. The number of aryl methyl sites for hydroxylation is 1. The van der Waals surface area contributed by atoms with Gasteiger partial charge in [0.15, 0.2) is 5.82 Å². The van der Waals surface area contributed by atoms with Gasteiger partial charge in [-0.15, -0.1) is 0 Å². The average Bonchev–Trinajstić information content (AvgIpc) is 2.73. The van der Waals surface area contributed by atoms with Gasteiger partial charge in [-0.3, -0.25) is 0 Å². The molecule has 0 spiro atoms. The van der Waals surface area contributed by atoms with Crippen LogP contribution in [0.1, 0.15) is 37.8 Å². The van der Waals surface area contributed by atoms with Crippen LogP contribution in [0.25, 0.3) is 0 Å². The number of halogens is 2. The predicted molar refractivity (Wildman–Crippen MR) is 60.0 cm³/mol. The third-order valence-electron chi connectivity index (χ3n) is 3.08. The molecule has 4 heteroatoms. The number of hydrogen-bond acceptors (Lipinski definition) is 2. The lowest BCUT2D eigenvalue weighted by molar-refractivity contribution is 0.487. The van der Waals surface area contributed by atoms with Gasteiger partial charge in [-0.05, 0) is 34.7 Å². The van der Waals surface area contributed by atoms with Crippen molar-refractivity contribution in [2.75, 3.05) is 0 Å². The predicted octanol–water partition coefficient (Wildman–Crippen LogP) is 3.50. The van der Waals surface area contributed by atoms with E-state index in [0.29, 0.717) is 5.69 Å². The molecule has 0 aliphatic heterocycles. The zero-order chi connectivity index (χ0) is 10.7. The maximum Gasteiger partial charge on any atom is 0.177 e. The van der Waals surface area contributed by atoms with Crippen LogP contribution in [0, 0.1) is 11.7 Å². The minimum atomic E-state index is -0.296. The van der Waals surface area contributed by atoms with Crippen molar-refractivity contribution in [1.82, 2.24) is 9.97 Å². The van der Waals surface area contributed by atoms with E-state index < -0.39 is 0 Å². The lowest BCUT2D eigenvalue weighted by Crippen LogP contribution is -2.02. The zero-order valence-corrected chi connectivity index (χ0v) is 10.1. The second-order valence-electron chi connectivity index (χ2n) is 4.11. The molecule has 0 radical (unpaired) electrons. The number of aromatic nitrogens is 2. The minimum absolute atomic E-state index is 0.277. The second-order valence-corrected chi connectivity index (χ2v) is 4.87. The molecule has 2 rings (SSSR count).